The molecule has 6 nitrogen and oxygen atoms in total. The van der Waals surface area contributed by atoms with E-state index in [4.69, 9.17) is 16.9 Å². The minimum absolute atomic E-state index is 0.0189. The number of nitro groups is 1. The van der Waals surface area contributed by atoms with Crippen LogP contribution in [0.3, 0.4) is 0 Å². The molecular formula is C10H8ClN3O3. The van der Waals surface area contributed by atoms with E-state index in [0.29, 0.717) is 0 Å². The van der Waals surface area contributed by atoms with Crippen molar-refractivity contribution < 1.29 is 9.72 Å². The summed E-state index contributed by atoms with van der Waals surface area (Å²) in [5.74, 6) is -1.51. The van der Waals surface area contributed by atoms with Crippen molar-refractivity contribution in [3.63, 3.8) is 0 Å². The highest BCUT2D eigenvalue weighted by atomic mass is 35.5. The molecule has 0 aromatic heterocycles. The Balaban J connectivity index is 3.05. The van der Waals surface area contributed by atoms with E-state index < -0.39 is 16.7 Å². The van der Waals surface area contributed by atoms with Gasteiger partial charge in [0.2, 0.25) is 5.91 Å². The van der Waals surface area contributed by atoms with Gasteiger partial charge in [-0.25, -0.2) is 0 Å². The van der Waals surface area contributed by atoms with Gasteiger partial charge in [-0.1, -0.05) is 11.6 Å². The number of carbonyl (C=O) groups excluding carboxylic acids is 1. The topological polar surface area (TPSA) is 96.0 Å². The van der Waals surface area contributed by atoms with Crippen LogP contribution in [0.2, 0.25) is 5.02 Å². The summed E-state index contributed by atoms with van der Waals surface area (Å²) in [6.07, 6.45) is 0. The molecule has 0 saturated heterocycles. The Bertz CT molecular complexity index is 510. The third-order valence-electron chi connectivity index (χ3n) is 2.00. The third kappa shape index (κ3) is 3.16. The molecule has 1 amide bonds. The normalized spacial score (nSPS) is 11.4. The van der Waals surface area contributed by atoms with Crippen LogP contribution in [0.4, 0.5) is 11.4 Å². The van der Waals surface area contributed by atoms with Gasteiger partial charge in [-0.15, -0.1) is 0 Å². The number of rotatable bonds is 3. The van der Waals surface area contributed by atoms with Gasteiger partial charge in [0.05, 0.1) is 11.0 Å². The second kappa shape index (κ2) is 5.27. The number of nitrogens with one attached hydrogen (secondary N) is 1. The lowest BCUT2D eigenvalue weighted by molar-refractivity contribution is -0.383. The number of nitro benzene ring substituents is 1. The number of nitrogens with zero attached hydrogens (tertiary/aromatic N) is 2. The molecule has 0 fully saturated rings. The summed E-state index contributed by atoms with van der Waals surface area (Å²) < 4.78 is 0. The molecule has 0 radical (unpaired) electrons. The maximum absolute atomic E-state index is 11.4. The molecule has 0 heterocycles. The first-order valence-electron chi connectivity index (χ1n) is 4.60. The third-order valence-corrected chi connectivity index (χ3v) is 2.24. The largest absolute Gasteiger partial charge is 0.319 e. The van der Waals surface area contributed by atoms with E-state index in [1.807, 2.05) is 0 Å². The minimum Gasteiger partial charge on any atom is -0.319 e. The van der Waals surface area contributed by atoms with Crippen molar-refractivity contribution in [3.05, 3.63) is 33.3 Å². The van der Waals surface area contributed by atoms with Crippen LogP contribution in [0.15, 0.2) is 18.2 Å². The number of benzene rings is 1. The molecule has 0 saturated carbocycles. The van der Waals surface area contributed by atoms with Gasteiger partial charge in [-0.05, 0) is 19.1 Å². The van der Waals surface area contributed by atoms with E-state index >= 15 is 0 Å². The average Bonchev–Trinajstić information content (AvgIpc) is 2.27. The van der Waals surface area contributed by atoms with Crippen molar-refractivity contribution in [2.45, 2.75) is 6.92 Å². The predicted octanol–water partition coefficient (Wildman–Crippen LogP) is 2.35. The molecule has 17 heavy (non-hydrogen) atoms. The van der Waals surface area contributed by atoms with Crippen LogP contribution in [-0.2, 0) is 4.79 Å². The highest BCUT2D eigenvalue weighted by Gasteiger charge is 2.19. The van der Waals surface area contributed by atoms with E-state index in [1.54, 1.807) is 6.07 Å². The number of carbonyl (C=O) groups is 1. The van der Waals surface area contributed by atoms with E-state index in [9.17, 15) is 14.9 Å². The Morgan fingerprint density at radius 1 is 1.65 bits per heavy atom. The number of hydrogen-bond acceptors (Lipinski definition) is 4. The summed E-state index contributed by atoms with van der Waals surface area (Å²) in [4.78, 5) is 21.5. The van der Waals surface area contributed by atoms with Crippen molar-refractivity contribution in [1.82, 2.24) is 0 Å². The molecule has 88 valence electrons. The van der Waals surface area contributed by atoms with Gasteiger partial charge in [0, 0.05) is 11.1 Å². The fourth-order valence-electron chi connectivity index (χ4n) is 1.07. The molecule has 7 heteroatoms. The second-order valence-corrected chi connectivity index (χ2v) is 3.70. The van der Waals surface area contributed by atoms with Crippen molar-refractivity contribution in [3.8, 4) is 6.07 Å². The average molecular weight is 254 g/mol. The predicted molar refractivity (Wildman–Crippen MR) is 61.5 cm³/mol. The number of halogens is 1. The van der Waals surface area contributed by atoms with Crippen LogP contribution in [0, 0.1) is 27.4 Å². The molecule has 0 aliphatic heterocycles. The summed E-state index contributed by atoms with van der Waals surface area (Å²) >= 11 is 5.68. The van der Waals surface area contributed by atoms with Gasteiger partial charge in [0.25, 0.3) is 5.69 Å². The number of hydrogen-bond donors (Lipinski definition) is 1. The van der Waals surface area contributed by atoms with Crippen molar-refractivity contribution >= 4 is 28.9 Å². The van der Waals surface area contributed by atoms with E-state index in [0.717, 1.165) is 0 Å². The van der Waals surface area contributed by atoms with Crippen LogP contribution in [0.25, 0.3) is 0 Å². The Hall–Kier alpha value is -2.13. The molecular weight excluding hydrogens is 246 g/mol. The Labute approximate surface area is 102 Å². The monoisotopic (exact) mass is 253 g/mol. The molecule has 0 aliphatic carbocycles. The summed E-state index contributed by atoms with van der Waals surface area (Å²) in [7, 11) is 0. The summed E-state index contributed by atoms with van der Waals surface area (Å²) in [6.45, 7) is 1.39. The fraction of sp³-hybridized carbons (Fsp3) is 0.200. The molecule has 0 aliphatic rings. The van der Waals surface area contributed by atoms with Gasteiger partial charge >= 0.3 is 0 Å². The first kappa shape index (κ1) is 12.9. The molecule has 1 unspecified atom stereocenters. The first-order chi connectivity index (χ1) is 7.95. The Kier molecular flexibility index (Phi) is 4.01. The Morgan fingerprint density at radius 2 is 2.29 bits per heavy atom. The molecule has 1 rings (SSSR count). The highest BCUT2D eigenvalue weighted by Crippen LogP contribution is 2.27. The lowest BCUT2D eigenvalue weighted by Crippen LogP contribution is -2.19. The lowest BCUT2D eigenvalue weighted by Gasteiger charge is -2.07. The fourth-order valence-corrected chi connectivity index (χ4v) is 1.24. The lowest BCUT2D eigenvalue weighted by atomic mass is 10.2. The van der Waals surface area contributed by atoms with Crippen LogP contribution >= 0.6 is 11.6 Å². The standard InChI is InChI=1S/C10H8ClN3O3/c1-6(5-12)10(15)13-8-4-7(11)2-3-9(8)14(16)17/h2-4,6H,1H3,(H,13,15). The van der Waals surface area contributed by atoms with Crippen LogP contribution in [0.5, 0.6) is 0 Å². The maximum atomic E-state index is 11.4. The number of anilines is 1. The molecule has 1 aromatic rings. The van der Waals surface area contributed by atoms with Gasteiger partial charge in [-0.3, -0.25) is 14.9 Å². The molecule has 0 bridgehead atoms. The van der Waals surface area contributed by atoms with E-state index in [-0.39, 0.29) is 16.4 Å². The zero-order chi connectivity index (χ0) is 13.0. The van der Waals surface area contributed by atoms with Crippen molar-refractivity contribution in [2.24, 2.45) is 5.92 Å². The minimum atomic E-state index is -0.895. The summed E-state index contributed by atoms with van der Waals surface area (Å²) in [6, 6.07) is 5.54. The van der Waals surface area contributed by atoms with E-state index in [2.05, 4.69) is 5.32 Å². The smallest absolute Gasteiger partial charge is 0.292 e. The zero-order valence-electron chi connectivity index (χ0n) is 8.81. The quantitative estimate of drug-likeness (QED) is 0.660. The van der Waals surface area contributed by atoms with Gasteiger partial charge in [0.15, 0.2) is 0 Å². The highest BCUT2D eigenvalue weighted by molar-refractivity contribution is 6.31. The molecule has 1 N–H and O–H groups in total. The number of nitriles is 1. The maximum Gasteiger partial charge on any atom is 0.292 e. The SMILES string of the molecule is CC(C#N)C(=O)Nc1cc(Cl)ccc1[N+](=O)[O-]. The summed E-state index contributed by atoms with van der Waals surface area (Å²) in [5.41, 5.74) is -0.289. The van der Waals surface area contributed by atoms with Crippen molar-refractivity contribution in [1.29, 1.82) is 5.26 Å². The molecule has 1 aromatic carbocycles. The van der Waals surface area contributed by atoms with Crippen LogP contribution < -0.4 is 5.32 Å². The zero-order valence-corrected chi connectivity index (χ0v) is 9.56. The molecule has 0 spiro atoms. The second-order valence-electron chi connectivity index (χ2n) is 3.26. The summed E-state index contributed by atoms with van der Waals surface area (Å²) in [5, 5.41) is 21.8. The Morgan fingerprint density at radius 3 is 2.82 bits per heavy atom. The molecule has 1 atom stereocenters. The van der Waals surface area contributed by atoms with Gasteiger partial charge in [-0.2, -0.15) is 5.26 Å². The van der Waals surface area contributed by atoms with Crippen LogP contribution in [-0.4, -0.2) is 10.8 Å². The van der Waals surface area contributed by atoms with Gasteiger partial charge in [0.1, 0.15) is 11.6 Å². The van der Waals surface area contributed by atoms with E-state index in [1.165, 1.54) is 25.1 Å². The first-order valence-corrected chi connectivity index (χ1v) is 4.98. The van der Waals surface area contributed by atoms with Crippen molar-refractivity contribution in [2.75, 3.05) is 5.32 Å². The van der Waals surface area contributed by atoms with Gasteiger partial charge < -0.3 is 5.32 Å². The van der Waals surface area contributed by atoms with Crippen LogP contribution in [0.1, 0.15) is 6.92 Å². The number of amides is 1.